The molecule has 0 aromatic heterocycles. The quantitative estimate of drug-likeness (QED) is 0.918. The van der Waals surface area contributed by atoms with Crippen molar-refractivity contribution in [1.29, 1.82) is 0 Å². The number of rotatable bonds is 4. The normalized spacial score (nSPS) is 14.9. The van der Waals surface area contributed by atoms with Gasteiger partial charge in [0.15, 0.2) is 0 Å². The van der Waals surface area contributed by atoms with Crippen LogP contribution in [0.5, 0.6) is 0 Å². The van der Waals surface area contributed by atoms with Crippen LogP contribution in [0.1, 0.15) is 27.6 Å². The summed E-state index contributed by atoms with van der Waals surface area (Å²) in [5.41, 5.74) is 1.06. The van der Waals surface area contributed by atoms with Gasteiger partial charge in [0, 0.05) is 37.3 Å². The molecule has 1 aliphatic heterocycles. The molecule has 6 heteroatoms. The highest BCUT2D eigenvalue weighted by molar-refractivity contribution is 6.05. The van der Waals surface area contributed by atoms with Crippen LogP contribution in [0.3, 0.4) is 0 Å². The van der Waals surface area contributed by atoms with E-state index >= 15 is 0 Å². The minimum atomic E-state index is -0.487. The zero-order chi connectivity index (χ0) is 18.5. The number of anilines is 1. The summed E-state index contributed by atoms with van der Waals surface area (Å²) in [4.78, 5) is 28.9. The predicted octanol–water partition coefficient (Wildman–Crippen LogP) is 2.86. The van der Waals surface area contributed by atoms with Gasteiger partial charge in [0.05, 0.1) is 5.69 Å². The third-order valence-corrected chi connectivity index (χ3v) is 4.62. The molecular formula is C20H22FN3O2. The lowest BCUT2D eigenvalue weighted by molar-refractivity contribution is 0.0643. The van der Waals surface area contributed by atoms with E-state index in [0.29, 0.717) is 24.2 Å². The molecular weight excluding hydrogens is 333 g/mol. The fourth-order valence-corrected chi connectivity index (χ4v) is 2.97. The molecule has 136 valence electrons. The third-order valence-electron chi connectivity index (χ3n) is 4.62. The second-order valence-electron chi connectivity index (χ2n) is 6.24. The number of halogens is 1. The van der Waals surface area contributed by atoms with Gasteiger partial charge in [-0.25, -0.2) is 4.39 Å². The Morgan fingerprint density at radius 1 is 0.962 bits per heavy atom. The molecule has 2 amide bonds. The lowest BCUT2D eigenvalue weighted by Crippen LogP contribution is -2.48. The summed E-state index contributed by atoms with van der Waals surface area (Å²) in [5.74, 6) is -0.925. The minimum Gasteiger partial charge on any atom is -0.336 e. The summed E-state index contributed by atoms with van der Waals surface area (Å²) in [5, 5.41) is 2.54. The summed E-state index contributed by atoms with van der Waals surface area (Å²) in [6, 6.07) is 12.5. The van der Waals surface area contributed by atoms with E-state index in [0.717, 1.165) is 19.6 Å². The van der Waals surface area contributed by atoms with E-state index in [1.165, 1.54) is 12.1 Å². The van der Waals surface area contributed by atoms with Gasteiger partial charge in [0.25, 0.3) is 11.8 Å². The number of carbonyl (C=O) groups excluding carboxylic acids is 2. The van der Waals surface area contributed by atoms with E-state index < -0.39 is 11.7 Å². The molecule has 0 aliphatic carbocycles. The molecule has 5 nitrogen and oxygen atoms in total. The predicted molar refractivity (Wildman–Crippen MR) is 98.8 cm³/mol. The molecule has 1 fully saturated rings. The molecule has 2 aromatic carbocycles. The Bertz CT molecular complexity index is 784. The second-order valence-corrected chi connectivity index (χ2v) is 6.24. The smallest absolute Gasteiger partial charge is 0.255 e. The number of hydrogen-bond acceptors (Lipinski definition) is 3. The lowest BCUT2D eigenvalue weighted by atomic mass is 10.1. The van der Waals surface area contributed by atoms with Gasteiger partial charge < -0.3 is 15.1 Å². The first-order valence-electron chi connectivity index (χ1n) is 8.76. The van der Waals surface area contributed by atoms with Crippen molar-refractivity contribution < 1.29 is 14.0 Å². The van der Waals surface area contributed by atoms with Crippen molar-refractivity contribution in [3.05, 3.63) is 65.5 Å². The molecule has 1 aliphatic rings. The summed E-state index contributed by atoms with van der Waals surface area (Å²) in [6.07, 6.45) is 0. The van der Waals surface area contributed by atoms with E-state index in [4.69, 9.17) is 0 Å². The molecule has 1 heterocycles. The van der Waals surface area contributed by atoms with Crippen LogP contribution in [0.15, 0.2) is 48.5 Å². The molecule has 0 bridgehead atoms. The standard InChI is InChI=1S/C20H22FN3O2/c1-2-23-11-13-24(14-12-23)20(26)16-9-7-15(8-10-16)19(25)22-18-6-4-3-5-17(18)21/h3-10H,2,11-14H2,1H3,(H,22,25). The number of benzene rings is 2. The molecule has 3 rings (SSSR count). The SMILES string of the molecule is CCN1CCN(C(=O)c2ccc(C(=O)Nc3ccccc3F)cc2)CC1. The van der Waals surface area contributed by atoms with E-state index in [2.05, 4.69) is 17.1 Å². The van der Waals surface area contributed by atoms with Crippen molar-refractivity contribution in [2.45, 2.75) is 6.92 Å². The average molecular weight is 355 g/mol. The fraction of sp³-hybridized carbons (Fsp3) is 0.300. The van der Waals surface area contributed by atoms with Crippen LogP contribution >= 0.6 is 0 Å². The molecule has 0 spiro atoms. The zero-order valence-electron chi connectivity index (χ0n) is 14.7. The molecule has 1 saturated heterocycles. The van der Waals surface area contributed by atoms with Gasteiger partial charge in [-0.2, -0.15) is 0 Å². The Morgan fingerprint density at radius 2 is 1.58 bits per heavy atom. The van der Waals surface area contributed by atoms with Crippen molar-refractivity contribution in [2.75, 3.05) is 38.0 Å². The van der Waals surface area contributed by atoms with E-state index in [1.807, 2.05) is 4.90 Å². The lowest BCUT2D eigenvalue weighted by Gasteiger charge is -2.34. The summed E-state index contributed by atoms with van der Waals surface area (Å²) >= 11 is 0. The Morgan fingerprint density at radius 3 is 2.19 bits per heavy atom. The highest BCUT2D eigenvalue weighted by Crippen LogP contribution is 2.15. The number of para-hydroxylation sites is 1. The average Bonchev–Trinajstić information content (AvgIpc) is 2.69. The number of amides is 2. The molecule has 26 heavy (non-hydrogen) atoms. The first-order chi connectivity index (χ1) is 12.6. The number of nitrogens with one attached hydrogen (secondary N) is 1. The highest BCUT2D eigenvalue weighted by atomic mass is 19.1. The Hall–Kier alpha value is -2.73. The maximum Gasteiger partial charge on any atom is 0.255 e. The van der Waals surface area contributed by atoms with Gasteiger partial charge in [-0.1, -0.05) is 19.1 Å². The van der Waals surface area contributed by atoms with E-state index in [9.17, 15) is 14.0 Å². The topological polar surface area (TPSA) is 52.7 Å². The van der Waals surface area contributed by atoms with E-state index in [-0.39, 0.29) is 11.6 Å². The van der Waals surface area contributed by atoms with Crippen LogP contribution in [0.4, 0.5) is 10.1 Å². The van der Waals surface area contributed by atoms with Gasteiger partial charge in [-0.05, 0) is 42.9 Å². The van der Waals surface area contributed by atoms with Gasteiger partial charge in [0.1, 0.15) is 5.82 Å². The number of likely N-dealkylation sites (N-methyl/N-ethyl adjacent to an activating group) is 1. The second kappa shape index (κ2) is 8.10. The van der Waals surface area contributed by atoms with Gasteiger partial charge in [0.2, 0.25) is 0 Å². The zero-order valence-corrected chi connectivity index (χ0v) is 14.7. The van der Waals surface area contributed by atoms with Crippen molar-refractivity contribution in [1.82, 2.24) is 9.80 Å². The van der Waals surface area contributed by atoms with Crippen LogP contribution in [0.25, 0.3) is 0 Å². The molecule has 1 N–H and O–H groups in total. The van der Waals surface area contributed by atoms with Crippen LogP contribution in [0.2, 0.25) is 0 Å². The van der Waals surface area contributed by atoms with E-state index in [1.54, 1.807) is 36.4 Å². The first kappa shape index (κ1) is 18.1. The molecule has 0 radical (unpaired) electrons. The van der Waals surface area contributed by atoms with Crippen molar-refractivity contribution in [3.8, 4) is 0 Å². The van der Waals surface area contributed by atoms with Crippen molar-refractivity contribution in [3.63, 3.8) is 0 Å². The summed E-state index contributed by atoms with van der Waals surface area (Å²) in [6.45, 7) is 6.29. The maximum atomic E-state index is 13.6. The molecule has 0 saturated carbocycles. The summed E-state index contributed by atoms with van der Waals surface area (Å²) < 4.78 is 13.6. The van der Waals surface area contributed by atoms with Gasteiger partial charge in [-0.15, -0.1) is 0 Å². The first-order valence-corrected chi connectivity index (χ1v) is 8.76. The van der Waals surface area contributed by atoms with Crippen molar-refractivity contribution >= 4 is 17.5 Å². The van der Waals surface area contributed by atoms with Crippen LogP contribution in [0, 0.1) is 5.82 Å². The summed E-state index contributed by atoms with van der Waals surface area (Å²) in [7, 11) is 0. The van der Waals surface area contributed by atoms with Crippen LogP contribution < -0.4 is 5.32 Å². The van der Waals surface area contributed by atoms with Crippen LogP contribution in [-0.2, 0) is 0 Å². The number of hydrogen-bond donors (Lipinski definition) is 1. The largest absolute Gasteiger partial charge is 0.336 e. The Labute approximate surface area is 152 Å². The molecule has 2 aromatic rings. The number of carbonyl (C=O) groups is 2. The fourth-order valence-electron chi connectivity index (χ4n) is 2.97. The Balaban J connectivity index is 1.64. The van der Waals surface area contributed by atoms with Crippen LogP contribution in [-0.4, -0.2) is 54.3 Å². The molecule has 0 atom stereocenters. The highest BCUT2D eigenvalue weighted by Gasteiger charge is 2.21. The van der Waals surface area contributed by atoms with Crippen molar-refractivity contribution in [2.24, 2.45) is 0 Å². The molecule has 0 unspecified atom stereocenters. The van der Waals surface area contributed by atoms with Gasteiger partial charge >= 0.3 is 0 Å². The maximum absolute atomic E-state index is 13.6. The Kier molecular flexibility index (Phi) is 5.63. The number of nitrogens with zero attached hydrogens (tertiary/aromatic N) is 2. The number of piperazine rings is 1. The van der Waals surface area contributed by atoms with Gasteiger partial charge in [-0.3, -0.25) is 9.59 Å². The monoisotopic (exact) mass is 355 g/mol. The third kappa shape index (κ3) is 4.08. The minimum absolute atomic E-state index is 0.0261.